The van der Waals surface area contributed by atoms with Crippen LogP contribution in [0.2, 0.25) is 0 Å². The van der Waals surface area contributed by atoms with Gasteiger partial charge in [-0.2, -0.15) is 0 Å². The third kappa shape index (κ3) is 5.74. The van der Waals surface area contributed by atoms with Gasteiger partial charge in [0, 0.05) is 6.61 Å². The molecule has 0 radical (unpaired) electrons. The molecule has 0 saturated heterocycles. The van der Waals surface area contributed by atoms with E-state index in [1.54, 1.807) is 0 Å². The van der Waals surface area contributed by atoms with Crippen molar-refractivity contribution in [2.45, 2.75) is 52.2 Å². The van der Waals surface area contributed by atoms with Gasteiger partial charge in [-0.1, -0.05) is 13.8 Å². The van der Waals surface area contributed by atoms with Crippen molar-refractivity contribution in [3.05, 3.63) is 0 Å². The Morgan fingerprint density at radius 2 is 2.00 bits per heavy atom. The number of hydrogen-bond donors (Lipinski definition) is 2. The second kappa shape index (κ2) is 6.08. The standard InChI is InChI=1S/C11H23NO3/c1-8(2)9(3)15-7-5-6-11(4,12)10(13)14/h8-9H,5-7,12H2,1-4H3,(H,13,14). The molecule has 3 N–H and O–H groups in total. The largest absolute Gasteiger partial charge is 0.480 e. The van der Waals surface area contributed by atoms with E-state index in [1.807, 2.05) is 6.92 Å². The summed E-state index contributed by atoms with van der Waals surface area (Å²) >= 11 is 0. The maximum Gasteiger partial charge on any atom is 0.323 e. The second-order valence-corrected chi connectivity index (χ2v) is 4.65. The third-order valence-corrected chi connectivity index (χ3v) is 2.65. The van der Waals surface area contributed by atoms with Gasteiger partial charge in [-0.25, -0.2) is 0 Å². The van der Waals surface area contributed by atoms with Crippen molar-refractivity contribution >= 4 is 5.97 Å². The first-order valence-corrected chi connectivity index (χ1v) is 5.41. The lowest BCUT2D eigenvalue weighted by Crippen LogP contribution is -2.44. The van der Waals surface area contributed by atoms with Gasteiger partial charge in [-0.3, -0.25) is 4.79 Å². The van der Waals surface area contributed by atoms with Crippen molar-refractivity contribution in [2.75, 3.05) is 6.61 Å². The van der Waals surface area contributed by atoms with E-state index in [9.17, 15) is 4.79 Å². The summed E-state index contributed by atoms with van der Waals surface area (Å²) < 4.78 is 5.53. The van der Waals surface area contributed by atoms with Crippen molar-refractivity contribution in [2.24, 2.45) is 11.7 Å². The Morgan fingerprint density at radius 1 is 1.47 bits per heavy atom. The van der Waals surface area contributed by atoms with Gasteiger partial charge < -0.3 is 15.6 Å². The molecule has 4 nitrogen and oxygen atoms in total. The van der Waals surface area contributed by atoms with E-state index >= 15 is 0 Å². The molecule has 0 spiro atoms. The second-order valence-electron chi connectivity index (χ2n) is 4.65. The zero-order valence-electron chi connectivity index (χ0n) is 10.1. The van der Waals surface area contributed by atoms with Crippen molar-refractivity contribution in [1.29, 1.82) is 0 Å². The fraction of sp³-hybridized carbons (Fsp3) is 0.909. The monoisotopic (exact) mass is 217 g/mol. The van der Waals surface area contributed by atoms with Crippen LogP contribution in [0.15, 0.2) is 0 Å². The van der Waals surface area contributed by atoms with E-state index in [0.29, 0.717) is 25.4 Å². The number of carboxylic acid groups (broad SMARTS) is 1. The number of ether oxygens (including phenoxy) is 1. The van der Waals surface area contributed by atoms with Crippen LogP contribution >= 0.6 is 0 Å². The SMILES string of the molecule is CC(C)C(C)OCCCC(C)(N)C(=O)O. The van der Waals surface area contributed by atoms with Gasteiger partial charge in [0.25, 0.3) is 0 Å². The van der Waals surface area contributed by atoms with Gasteiger partial charge in [-0.05, 0) is 32.6 Å². The van der Waals surface area contributed by atoms with Gasteiger partial charge in [0.2, 0.25) is 0 Å². The van der Waals surface area contributed by atoms with Crippen LogP contribution in [0.25, 0.3) is 0 Å². The molecule has 15 heavy (non-hydrogen) atoms. The van der Waals surface area contributed by atoms with Gasteiger partial charge in [-0.15, -0.1) is 0 Å². The number of carboxylic acids is 1. The molecule has 0 aliphatic heterocycles. The Hall–Kier alpha value is -0.610. The molecule has 0 fully saturated rings. The molecule has 2 atom stereocenters. The molecule has 0 aliphatic carbocycles. The van der Waals surface area contributed by atoms with Crippen LogP contribution in [0.5, 0.6) is 0 Å². The quantitative estimate of drug-likeness (QED) is 0.636. The topological polar surface area (TPSA) is 72.5 Å². The Bertz CT molecular complexity index is 202. The van der Waals surface area contributed by atoms with Crippen LogP contribution < -0.4 is 5.73 Å². The predicted molar refractivity (Wildman–Crippen MR) is 59.7 cm³/mol. The van der Waals surface area contributed by atoms with Crippen LogP contribution in [-0.4, -0.2) is 29.3 Å². The molecular weight excluding hydrogens is 194 g/mol. The Kier molecular flexibility index (Phi) is 5.83. The minimum absolute atomic E-state index is 0.207. The summed E-state index contributed by atoms with van der Waals surface area (Å²) in [5.41, 5.74) is 4.45. The highest BCUT2D eigenvalue weighted by atomic mass is 16.5. The Labute approximate surface area is 91.8 Å². The molecule has 0 heterocycles. The number of nitrogens with two attached hydrogens (primary N) is 1. The lowest BCUT2D eigenvalue weighted by atomic mass is 9.98. The molecule has 0 aromatic rings. The highest BCUT2D eigenvalue weighted by molar-refractivity contribution is 5.77. The first-order chi connectivity index (χ1) is 6.77. The number of hydrogen-bond acceptors (Lipinski definition) is 3. The summed E-state index contributed by atoms with van der Waals surface area (Å²) in [5, 5.41) is 8.77. The molecule has 0 bridgehead atoms. The molecule has 2 unspecified atom stereocenters. The molecule has 0 aliphatic rings. The molecule has 90 valence electrons. The fourth-order valence-electron chi connectivity index (χ4n) is 1.01. The zero-order chi connectivity index (χ0) is 12.1. The van der Waals surface area contributed by atoms with E-state index < -0.39 is 11.5 Å². The summed E-state index contributed by atoms with van der Waals surface area (Å²) in [7, 11) is 0. The van der Waals surface area contributed by atoms with Crippen LogP contribution in [0, 0.1) is 5.92 Å². The highest BCUT2D eigenvalue weighted by Gasteiger charge is 2.26. The van der Waals surface area contributed by atoms with Gasteiger partial charge >= 0.3 is 5.97 Å². The smallest absolute Gasteiger partial charge is 0.323 e. The third-order valence-electron chi connectivity index (χ3n) is 2.65. The molecule has 0 amide bonds. The molecule has 0 saturated carbocycles. The maximum absolute atomic E-state index is 10.7. The molecule has 0 rings (SSSR count). The summed E-state index contributed by atoms with van der Waals surface area (Å²) in [4.78, 5) is 10.7. The highest BCUT2D eigenvalue weighted by Crippen LogP contribution is 2.11. The van der Waals surface area contributed by atoms with E-state index in [0.717, 1.165) is 0 Å². The summed E-state index contributed by atoms with van der Waals surface area (Å²) in [6, 6.07) is 0. The number of rotatable bonds is 7. The fourth-order valence-corrected chi connectivity index (χ4v) is 1.01. The van der Waals surface area contributed by atoms with E-state index in [2.05, 4.69) is 13.8 Å². The van der Waals surface area contributed by atoms with Crippen LogP contribution in [-0.2, 0) is 9.53 Å². The Balaban J connectivity index is 3.68. The Morgan fingerprint density at radius 3 is 2.40 bits per heavy atom. The minimum atomic E-state index is -1.13. The van der Waals surface area contributed by atoms with Gasteiger partial charge in [0.05, 0.1) is 6.10 Å². The van der Waals surface area contributed by atoms with Crippen LogP contribution in [0.4, 0.5) is 0 Å². The van der Waals surface area contributed by atoms with Crippen molar-refractivity contribution in [3.8, 4) is 0 Å². The van der Waals surface area contributed by atoms with Crippen molar-refractivity contribution in [1.82, 2.24) is 0 Å². The maximum atomic E-state index is 10.7. The summed E-state index contributed by atoms with van der Waals surface area (Å²) in [6.07, 6.45) is 1.32. The average Bonchev–Trinajstić information content (AvgIpc) is 2.11. The lowest BCUT2D eigenvalue weighted by Gasteiger charge is -2.20. The van der Waals surface area contributed by atoms with Crippen LogP contribution in [0.1, 0.15) is 40.5 Å². The molecule has 4 heteroatoms. The van der Waals surface area contributed by atoms with Gasteiger partial charge in [0.15, 0.2) is 0 Å². The molecule has 0 aromatic heterocycles. The first kappa shape index (κ1) is 14.4. The van der Waals surface area contributed by atoms with Gasteiger partial charge in [0.1, 0.15) is 5.54 Å². The molecule has 0 aromatic carbocycles. The van der Waals surface area contributed by atoms with E-state index in [1.165, 1.54) is 6.92 Å². The van der Waals surface area contributed by atoms with Crippen molar-refractivity contribution in [3.63, 3.8) is 0 Å². The lowest BCUT2D eigenvalue weighted by molar-refractivity contribution is -0.143. The minimum Gasteiger partial charge on any atom is -0.480 e. The number of aliphatic carboxylic acids is 1. The molecular formula is C11H23NO3. The van der Waals surface area contributed by atoms with E-state index in [-0.39, 0.29) is 6.10 Å². The first-order valence-electron chi connectivity index (χ1n) is 5.41. The summed E-state index contributed by atoms with van der Waals surface area (Å²) in [5.74, 6) is -0.479. The predicted octanol–water partition coefficient (Wildman–Crippen LogP) is 1.63. The number of carbonyl (C=O) groups is 1. The zero-order valence-corrected chi connectivity index (χ0v) is 10.1. The van der Waals surface area contributed by atoms with Crippen LogP contribution in [0.3, 0.4) is 0 Å². The normalized spacial score (nSPS) is 17.5. The van der Waals surface area contributed by atoms with E-state index in [4.69, 9.17) is 15.6 Å². The van der Waals surface area contributed by atoms with Crippen molar-refractivity contribution < 1.29 is 14.6 Å². The summed E-state index contributed by atoms with van der Waals surface area (Å²) in [6.45, 7) is 8.30. The average molecular weight is 217 g/mol.